The number of imide groups is 1. The van der Waals surface area contributed by atoms with Gasteiger partial charge in [0.15, 0.2) is 6.61 Å². The quantitative estimate of drug-likeness (QED) is 0.623. The van der Waals surface area contributed by atoms with Gasteiger partial charge in [0.25, 0.3) is 5.91 Å². The molecule has 2 unspecified atom stereocenters. The number of amides is 3. The summed E-state index contributed by atoms with van der Waals surface area (Å²) in [5.41, 5.74) is 0.231. The van der Waals surface area contributed by atoms with E-state index in [1.54, 1.807) is 6.07 Å². The van der Waals surface area contributed by atoms with Crippen molar-refractivity contribution >= 4 is 24.0 Å². The smallest absolute Gasteiger partial charge is 0.331 e. The molecule has 2 rings (SSSR count). The number of rotatable bonds is 5. The molecule has 140 valence electrons. The molecule has 0 spiro atoms. The van der Waals surface area contributed by atoms with Crippen LogP contribution in [0.4, 0.5) is 9.18 Å². The van der Waals surface area contributed by atoms with Gasteiger partial charge in [-0.05, 0) is 30.9 Å². The van der Waals surface area contributed by atoms with Gasteiger partial charge in [-0.2, -0.15) is 0 Å². The molecular weight excluding hydrogens is 339 g/mol. The van der Waals surface area contributed by atoms with Crippen molar-refractivity contribution in [1.82, 2.24) is 10.6 Å². The maximum Gasteiger partial charge on any atom is 0.331 e. The minimum atomic E-state index is -0.801. The number of ether oxygens (including phenoxy) is 1. The highest BCUT2D eigenvalue weighted by molar-refractivity contribution is 5.96. The fourth-order valence-electron chi connectivity index (χ4n) is 2.85. The number of hydrogen-bond acceptors (Lipinski definition) is 4. The van der Waals surface area contributed by atoms with Crippen molar-refractivity contribution in [3.05, 3.63) is 41.7 Å². The van der Waals surface area contributed by atoms with Crippen molar-refractivity contribution in [1.29, 1.82) is 0 Å². The summed E-state index contributed by atoms with van der Waals surface area (Å²) in [4.78, 5) is 35.1. The molecule has 1 aliphatic carbocycles. The number of urea groups is 1. The number of benzene rings is 1. The molecule has 1 aromatic carbocycles. The number of nitrogens with one attached hydrogen (secondary N) is 2. The van der Waals surface area contributed by atoms with E-state index in [0.717, 1.165) is 31.8 Å². The van der Waals surface area contributed by atoms with Gasteiger partial charge < -0.3 is 10.1 Å². The minimum Gasteiger partial charge on any atom is -0.452 e. The summed E-state index contributed by atoms with van der Waals surface area (Å²) in [6.45, 7) is 1.48. The molecule has 1 saturated carbocycles. The lowest BCUT2D eigenvalue weighted by molar-refractivity contribution is -0.143. The van der Waals surface area contributed by atoms with Crippen LogP contribution in [0.25, 0.3) is 6.08 Å². The molecule has 0 radical (unpaired) electrons. The maximum absolute atomic E-state index is 13.4. The van der Waals surface area contributed by atoms with Gasteiger partial charge in [0.1, 0.15) is 5.82 Å². The van der Waals surface area contributed by atoms with Crippen molar-refractivity contribution in [2.75, 3.05) is 6.61 Å². The minimum absolute atomic E-state index is 0.0443. The second-order valence-electron chi connectivity index (χ2n) is 6.35. The fourth-order valence-corrected chi connectivity index (χ4v) is 2.85. The average Bonchev–Trinajstić information content (AvgIpc) is 2.61. The number of carbonyl (C=O) groups is 3. The highest BCUT2D eigenvalue weighted by Gasteiger charge is 2.23. The Bertz CT molecular complexity index is 690. The summed E-state index contributed by atoms with van der Waals surface area (Å²) in [7, 11) is 0. The third kappa shape index (κ3) is 6.31. The molecule has 0 saturated heterocycles. The molecule has 26 heavy (non-hydrogen) atoms. The first kappa shape index (κ1) is 19.6. The summed E-state index contributed by atoms with van der Waals surface area (Å²) in [6.07, 6.45) is 6.41. The standard InChI is InChI=1S/C19H23FN2O4/c1-13-6-2-5-9-16(13)21-19(25)22-17(23)12-26-18(24)11-10-14-7-3-4-8-15(14)20/h3-4,7-8,10-11,13,16H,2,5-6,9,12H2,1H3,(H2,21,22,23,25)/b11-10+. The molecule has 0 bridgehead atoms. The van der Waals surface area contributed by atoms with Crippen LogP contribution in [-0.2, 0) is 14.3 Å². The Morgan fingerprint density at radius 1 is 1.23 bits per heavy atom. The lowest BCUT2D eigenvalue weighted by Crippen LogP contribution is -2.48. The Morgan fingerprint density at radius 3 is 2.69 bits per heavy atom. The number of halogens is 1. The Morgan fingerprint density at radius 2 is 1.96 bits per heavy atom. The number of carbonyl (C=O) groups excluding carboxylic acids is 3. The SMILES string of the molecule is CC1CCCCC1NC(=O)NC(=O)COC(=O)/C=C/c1ccccc1F. The second-order valence-corrected chi connectivity index (χ2v) is 6.35. The lowest BCUT2D eigenvalue weighted by atomic mass is 9.86. The highest BCUT2D eigenvalue weighted by Crippen LogP contribution is 2.23. The molecule has 1 aromatic rings. The van der Waals surface area contributed by atoms with Crippen molar-refractivity contribution < 1.29 is 23.5 Å². The normalized spacial score (nSPS) is 19.8. The molecule has 1 fully saturated rings. The Kier molecular flexibility index (Phi) is 7.32. The lowest BCUT2D eigenvalue weighted by Gasteiger charge is -2.29. The number of hydrogen-bond donors (Lipinski definition) is 2. The summed E-state index contributed by atoms with van der Waals surface area (Å²) in [5, 5.41) is 4.91. The van der Waals surface area contributed by atoms with Crippen molar-refractivity contribution in [2.24, 2.45) is 5.92 Å². The molecule has 7 heteroatoms. The van der Waals surface area contributed by atoms with E-state index in [-0.39, 0.29) is 11.6 Å². The Labute approximate surface area is 151 Å². The van der Waals surface area contributed by atoms with Gasteiger partial charge in [-0.25, -0.2) is 14.0 Å². The third-order valence-corrected chi connectivity index (χ3v) is 4.33. The highest BCUT2D eigenvalue weighted by atomic mass is 19.1. The van der Waals surface area contributed by atoms with Crippen LogP contribution < -0.4 is 10.6 Å². The van der Waals surface area contributed by atoms with Crippen molar-refractivity contribution in [3.63, 3.8) is 0 Å². The molecule has 2 N–H and O–H groups in total. The van der Waals surface area contributed by atoms with Gasteiger partial charge in [0, 0.05) is 17.7 Å². The van der Waals surface area contributed by atoms with Crippen LogP contribution in [0.1, 0.15) is 38.2 Å². The van der Waals surface area contributed by atoms with Crippen LogP contribution in [0.15, 0.2) is 30.3 Å². The van der Waals surface area contributed by atoms with Gasteiger partial charge >= 0.3 is 12.0 Å². The first-order valence-corrected chi connectivity index (χ1v) is 8.65. The molecule has 0 aliphatic heterocycles. The van der Waals surface area contributed by atoms with Gasteiger partial charge in [0.2, 0.25) is 0 Å². The largest absolute Gasteiger partial charge is 0.452 e. The topological polar surface area (TPSA) is 84.5 Å². The van der Waals surface area contributed by atoms with Crippen molar-refractivity contribution in [3.8, 4) is 0 Å². The van der Waals surface area contributed by atoms with Crippen LogP contribution in [0.5, 0.6) is 0 Å². The van der Waals surface area contributed by atoms with E-state index >= 15 is 0 Å². The van der Waals surface area contributed by atoms with Gasteiger partial charge in [0.05, 0.1) is 0 Å². The Balaban J connectivity index is 1.71. The zero-order chi connectivity index (χ0) is 18.9. The second kappa shape index (κ2) is 9.70. The Hall–Kier alpha value is -2.70. The van der Waals surface area contributed by atoms with E-state index in [4.69, 9.17) is 4.74 Å². The van der Waals surface area contributed by atoms with Crippen LogP contribution in [0, 0.1) is 11.7 Å². The van der Waals surface area contributed by atoms with Gasteiger partial charge in [-0.1, -0.05) is 38.0 Å². The average molecular weight is 362 g/mol. The van der Waals surface area contributed by atoms with E-state index in [1.165, 1.54) is 24.3 Å². The molecule has 1 aliphatic rings. The van der Waals surface area contributed by atoms with Crippen LogP contribution in [0.3, 0.4) is 0 Å². The van der Waals surface area contributed by atoms with E-state index < -0.39 is 30.3 Å². The molecule has 6 nitrogen and oxygen atoms in total. The molecule has 0 aromatic heterocycles. The van der Waals surface area contributed by atoms with Gasteiger partial charge in [-0.3, -0.25) is 10.1 Å². The molecule has 0 heterocycles. The molecule has 3 amide bonds. The molecular formula is C19H23FN2O4. The zero-order valence-corrected chi connectivity index (χ0v) is 14.7. The summed E-state index contributed by atoms with van der Waals surface area (Å²) in [6, 6.07) is 5.39. The van der Waals surface area contributed by atoms with E-state index in [0.29, 0.717) is 5.92 Å². The monoisotopic (exact) mass is 362 g/mol. The van der Waals surface area contributed by atoms with Crippen LogP contribution in [-0.4, -0.2) is 30.6 Å². The molecule has 2 atom stereocenters. The summed E-state index contributed by atoms with van der Waals surface area (Å²) >= 11 is 0. The van der Waals surface area contributed by atoms with E-state index in [2.05, 4.69) is 17.6 Å². The van der Waals surface area contributed by atoms with Crippen LogP contribution >= 0.6 is 0 Å². The van der Waals surface area contributed by atoms with Crippen molar-refractivity contribution in [2.45, 2.75) is 38.6 Å². The third-order valence-electron chi connectivity index (χ3n) is 4.33. The first-order valence-electron chi connectivity index (χ1n) is 8.65. The van der Waals surface area contributed by atoms with Gasteiger partial charge in [-0.15, -0.1) is 0 Å². The summed E-state index contributed by atoms with van der Waals surface area (Å²) < 4.78 is 18.1. The number of esters is 1. The maximum atomic E-state index is 13.4. The first-order chi connectivity index (χ1) is 12.5. The fraction of sp³-hybridized carbons (Fsp3) is 0.421. The predicted octanol–water partition coefficient (Wildman–Crippen LogP) is 2.79. The van der Waals surface area contributed by atoms with Crippen LogP contribution in [0.2, 0.25) is 0 Å². The van der Waals surface area contributed by atoms with E-state index in [1.807, 2.05) is 0 Å². The predicted molar refractivity (Wildman–Crippen MR) is 94.5 cm³/mol. The zero-order valence-electron chi connectivity index (χ0n) is 14.7. The summed E-state index contributed by atoms with van der Waals surface area (Å²) in [5.74, 6) is -1.63. The van der Waals surface area contributed by atoms with E-state index in [9.17, 15) is 18.8 Å².